The summed E-state index contributed by atoms with van der Waals surface area (Å²) in [4.78, 5) is 0. The van der Waals surface area contributed by atoms with Gasteiger partial charge in [-0.1, -0.05) is 0 Å². The molecule has 0 rings (SSSR count). The number of hydrogen-bond donors (Lipinski definition) is 0. The Morgan fingerprint density at radius 1 is 1.50 bits per heavy atom. The maximum atomic E-state index is 3.47. The zero-order valence-corrected chi connectivity index (χ0v) is 12.1. The van der Waals surface area contributed by atoms with E-state index in [0.717, 1.165) is 0 Å². The van der Waals surface area contributed by atoms with Crippen LogP contribution in [0.15, 0.2) is 0 Å². The molecular weight excluding hydrogens is 541 g/mol. The molecule has 0 fully saturated rings. The van der Waals surface area contributed by atoms with E-state index in [4.69, 9.17) is 0 Å². The second kappa shape index (κ2) is 4.03. The van der Waals surface area contributed by atoms with Gasteiger partial charge in [0.15, 0.2) is 0 Å². The van der Waals surface area contributed by atoms with E-state index in [2.05, 4.69) is 47.5 Å². The molecule has 0 bridgehead atoms. The Morgan fingerprint density at radius 2 is 1.50 bits per heavy atom. The van der Waals surface area contributed by atoms with Crippen molar-refractivity contribution in [1.82, 2.24) is 0 Å². The summed E-state index contributed by atoms with van der Waals surface area (Å²) in [5.41, 5.74) is 0. The van der Waals surface area contributed by atoms with Crippen molar-refractivity contribution < 1.29 is 0 Å². The Balaban J connectivity index is 2.32. The van der Waals surface area contributed by atoms with E-state index in [1.807, 2.05) is 0 Å². The van der Waals surface area contributed by atoms with Crippen molar-refractivity contribution in [3.8, 4) is 0 Å². The fraction of sp³-hybridized carbons (Fsp3) is 0. The first-order valence-corrected chi connectivity index (χ1v) is 35.6. The fourth-order valence-corrected chi connectivity index (χ4v) is 0. The molecule has 0 aromatic carbocycles. The third-order valence-corrected chi connectivity index (χ3v) is 0. The number of hydrogen-bond acceptors (Lipinski definition) is 0. The molecule has 0 saturated carbocycles. The van der Waals surface area contributed by atoms with Gasteiger partial charge in [-0.25, -0.2) is 0 Å². The van der Waals surface area contributed by atoms with E-state index >= 15 is 0 Å². The van der Waals surface area contributed by atoms with Crippen molar-refractivity contribution in [2.45, 2.75) is 0 Å². The molecule has 0 N–H and O–H groups in total. The first-order chi connectivity index (χ1) is 1.73. The van der Waals surface area contributed by atoms with Crippen LogP contribution in [0.5, 0.6) is 0 Å². The Bertz CT molecular complexity index is 10.8. The van der Waals surface area contributed by atoms with Crippen molar-refractivity contribution in [3.63, 3.8) is 0 Å². The second-order valence-electron chi connectivity index (χ2n) is 0.247. The Hall–Kier alpha value is 2.86. The summed E-state index contributed by atoms with van der Waals surface area (Å²) in [7, 11) is 0. The summed E-state index contributed by atoms with van der Waals surface area (Å²) in [6.45, 7) is 0. The molecule has 0 unspecified atom stereocenters. The summed E-state index contributed by atoms with van der Waals surface area (Å²) in [5.74, 6) is 0. The zero-order chi connectivity index (χ0) is 3.58. The van der Waals surface area contributed by atoms with Gasteiger partial charge < -0.3 is 0 Å². The van der Waals surface area contributed by atoms with Crippen LogP contribution in [0.1, 0.15) is 0 Å². The van der Waals surface area contributed by atoms with E-state index in [1.54, 1.807) is 0 Å². The van der Waals surface area contributed by atoms with Gasteiger partial charge in [-0.05, 0) is 0 Å². The monoisotopic (exact) mass is 542 g/mol. The SMILES string of the molecule is [Br][PbH]([I])[I]. The van der Waals surface area contributed by atoms with Crippen molar-refractivity contribution in [2.24, 2.45) is 0 Å². The van der Waals surface area contributed by atoms with Crippen LogP contribution in [0, 0.1) is 0 Å². The second-order valence-corrected chi connectivity index (χ2v) is 83.0. The molecule has 0 saturated heterocycles. The maximum absolute atomic E-state index is 3.47. The molecule has 0 heterocycles. The summed E-state index contributed by atoms with van der Waals surface area (Å²) >= 11 is 7.43. The summed E-state index contributed by atoms with van der Waals surface area (Å²) in [5, 5.41) is 0. The van der Waals surface area contributed by atoms with Gasteiger partial charge in [0.25, 0.3) is 0 Å². The van der Waals surface area contributed by atoms with Gasteiger partial charge in [-0.15, -0.1) is 0 Å². The van der Waals surface area contributed by atoms with Crippen molar-refractivity contribution in [3.05, 3.63) is 0 Å². The van der Waals surface area contributed by atoms with Crippen LogP contribution in [0.25, 0.3) is 0 Å². The third-order valence-electron chi connectivity index (χ3n) is 0. The predicted molar refractivity (Wildman–Crippen MR) is 44.1 cm³/mol. The van der Waals surface area contributed by atoms with Crippen LogP contribution in [0.3, 0.4) is 0 Å². The molecule has 0 aliphatic heterocycles. The van der Waals surface area contributed by atoms with Crippen LogP contribution in [-0.2, 0) is 0 Å². The summed E-state index contributed by atoms with van der Waals surface area (Å²) < 4.78 is 0. The van der Waals surface area contributed by atoms with E-state index in [1.165, 1.54) is 0 Å². The normalized spacial score (nSPS) is 9.00. The third kappa shape index (κ3) is 8.85. The van der Waals surface area contributed by atoms with Gasteiger partial charge >= 0.3 is 59.2 Å². The molecule has 0 aliphatic rings. The topological polar surface area (TPSA) is 0 Å². The summed E-state index contributed by atoms with van der Waals surface area (Å²) in [6.07, 6.45) is 0. The van der Waals surface area contributed by atoms with Gasteiger partial charge in [0.2, 0.25) is 0 Å². The van der Waals surface area contributed by atoms with Gasteiger partial charge in [0.05, 0.1) is 0 Å². The molecule has 0 nitrogen and oxygen atoms in total. The Kier molecular flexibility index (Phi) is 6.92. The van der Waals surface area contributed by atoms with Gasteiger partial charge in [0, 0.05) is 0 Å². The molecule has 0 spiro atoms. The molecule has 0 amide bonds. The molecule has 0 aromatic rings. The number of halogens is 3. The van der Waals surface area contributed by atoms with E-state index in [-0.39, 0.29) is 0 Å². The fourth-order valence-electron chi connectivity index (χ4n) is 0. The van der Waals surface area contributed by atoms with Gasteiger partial charge in [-0.2, -0.15) is 0 Å². The van der Waals surface area contributed by atoms with Gasteiger partial charge in [-0.3, -0.25) is 0 Å². The molecule has 0 atom stereocenters. The van der Waals surface area contributed by atoms with E-state index in [9.17, 15) is 0 Å². The van der Waals surface area contributed by atoms with Crippen LogP contribution in [0.2, 0.25) is 0 Å². The van der Waals surface area contributed by atoms with Crippen LogP contribution >= 0.6 is 47.5 Å². The zero-order valence-electron chi connectivity index (χ0n) is 1.71. The standard InChI is InChI=1S/BrH.2HI.Pb.H/h3*1H;;/q;;;+3;/p-3. The molecule has 0 aliphatic carbocycles. The molecule has 4 heavy (non-hydrogen) atoms. The van der Waals surface area contributed by atoms with Crippen molar-refractivity contribution in [1.29, 1.82) is 0 Å². The minimum absolute atomic E-state index is 0.970. The number of rotatable bonds is 0. The van der Waals surface area contributed by atoms with E-state index < -0.39 is 11.7 Å². The van der Waals surface area contributed by atoms with Crippen LogP contribution < -0.4 is 0 Å². The first-order valence-electron chi connectivity index (χ1n) is 0.655. The predicted octanol–water partition coefficient (Wildman–Crippen LogP) is 1.97. The Labute approximate surface area is 57.4 Å². The average Bonchev–Trinajstić information content (AvgIpc) is 0.811. The molecule has 4 heteroatoms. The minimum atomic E-state index is -0.970. The van der Waals surface area contributed by atoms with Crippen molar-refractivity contribution >= 4 is 59.2 Å². The summed E-state index contributed by atoms with van der Waals surface area (Å²) in [6, 6.07) is 0. The molecule has 0 radical (unpaired) electrons. The van der Waals surface area contributed by atoms with E-state index in [0.29, 0.717) is 0 Å². The first kappa shape index (κ1) is 6.86. The van der Waals surface area contributed by atoms with Crippen LogP contribution in [0.4, 0.5) is 0 Å². The van der Waals surface area contributed by atoms with Crippen LogP contribution in [-0.4, -0.2) is 11.7 Å². The quantitative estimate of drug-likeness (QED) is 0.325. The average molecular weight is 542 g/mol. The van der Waals surface area contributed by atoms with Crippen molar-refractivity contribution in [2.75, 3.05) is 0 Å². The van der Waals surface area contributed by atoms with Gasteiger partial charge in [0.1, 0.15) is 0 Å². The molecule has 0 aromatic heterocycles. The molecular formula is HBrI2Pb. The Morgan fingerprint density at radius 3 is 1.50 bits per heavy atom. The molecule has 26 valence electrons.